The molecule has 0 amide bonds. The first-order valence-corrected chi connectivity index (χ1v) is 6.10. The summed E-state index contributed by atoms with van der Waals surface area (Å²) in [6.07, 6.45) is 0. The van der Waals surface area contributed by atoms with Gasteiger partial charge in [-0.1, -0.05) is 12.2 Å². The molecule has 0 bridgehead atoms. The standard InChI is InChI=1S/C8H14OS2/c1-8-6-10-4-2-9-3-5-11-7-8/h1-7H2. The van der Waals surface area contributed by atoms with Crippen molar-refractivity contribution < 1.29 is 4.74 Å². The van der Waals surface area contributed by atoms with E-state index in [2.05, 4.69) is 6.58 Å². The van der Waals surface area contributed by atoms with Crippen LogP contribution in [0.3, 0.4) is 0 Å². The van der Waals surface area contributed by atoms with Crippen LogP contribution < -0.4 is 0 Å². The second-order valence-corrected chi connectivity index (χ2v) is 4.68. The van der Waals surface area contributed by atoms with Crippen LogP contribution in [0.4, 0.5) is 0 Å². The van der Waals surface area contributed by atoms with Crippen molar-refractivity contribution in [3.8, 4) is 0 Å². The van der Waals surface area contributed by atoms with E-state index in [0.717, 1.165) is 36.2 Å². The van der Waals surface area contributed by atoms with E-state index in [1.54, 1.807) is 0 Å². The lowest BCUT2D eigenvalue weighted by atomic mass is 10.4. The molecular weight excluding hydrogens is 176 g/mol. The molecule has 1 saturated heterocycles. The van der Waals surface area contributed by atoms with Crippen LogP contribution in [-0.2, 0) is 4.74 Å². The maximum Gasteiger partial charge on any atom is 0.0557 e. The topological polar surface area (TPSA) is 9.23 Å². The van der Waals surface area contributed by atoms with E-state index in [9.17, 15) is 0 Å². The van der Waals surface area contributed by atoms with Gasteiger partial charge in [-0.3, -0.25) is 0 Å². The summed E-state index contributed by atoms with van der Waals surface area (Å²) in [5.74, 6) is 4.44. The molecule has 0 aromatic carbocycles. The zero-order valence-electron chi connectivity index (χ0n) is 6.67. The zero-order chi connectivity index (χ0) is 7.94. The quantitative estimate of drug-likeness (QED) is 0.541. The first-order chi connectivity index (χ1) is 5.39. The predicted octanol–water partition coefficient (Wildman–Crippen LogP) is 2.04. The van der Waals surface area contributed by atoms with Crippen LogP contribution in [0.15, 0.2) is 12.2 Å². The average molecular weight is 190 g/mol. The molecule has 0 saturated carbocycles. The van der Waals surface area contributed by atoms with E-state index >= 15 is 0 Å². The summed E-state index contributed by atoms with van der Waals surface area (Å²) in [6, 6.07) is 0. The molecule has 0 spiro atoms. The Kier molecular flexibility index (Phi) is 5.15. The summed E-state index contributed by atoms with van der Waals surface area (Å²) in [5, 5.41) is 0. The van der Waals surface area contributed by atoms with E-state index in [0.29, 0.717) is 0 Å². The molecule has 0 aromatic heterocycles. The summed E-state index contributed by atoms with van der Waals surface area (Å²) >= 11 is 3.84. The first kappa shape index (κ1) is 9.49. The van der Waals surface area contributed by atoms with Crippen molar-refractivity contribution in [3.05, 3.63) is 12.2 Å². The third-order valence-electron chi connectivity index (χ3n) is 1.36. The highest BCUT2D eigenvalue weighted by Gasteiger charge is 1.99. The van der Waals surface area contributed by atoms with Gasteiger partial charge < -0.3 is 4.74 Å². The molecule has 0 N–H and O–H groups in total. The fourth-order valence-corrected chi connectivity index (χ4v) is 2.48. The van der Waals surface area contributed by atoms with Crippen LogP contribution in [0.1, 0.15) is 0 Å². The number of hydrogen-bond donors (Lipinski definition) is 0. The zero-order valence-corrected chi connectivity index (χ0v) is 8.31. The number of rotatable bonds is 0. The number of hydrogen-bond acceptors (Lipinski definition) is 3. The Labute approximate surface area is 77.0 Å². The maximum absolute atomic E-state index is 5.37. The summed E-state index contributed by atoms with van der Waals surface area (Å²) in [5.41, 5.74) is 1.36. The highest BCUT2D eigenvalue weighted by molar-refractivity contribution is 8.00. The third-order valence-corrected chi connectivity index (χ3v) is 3.49. The van der Waals surface area contributed by atoms with Crippen LogP contribution in [0, 0.1) is 0 Å². The van der Waals surface area contributed by atoms with Crippen molar-refractivity contribution in [2.24, 2.45) is 0 Å². The van der Waals surface area contributed by atoms with Crippen LogP contribution >= 0.6 is 23.5 Å². The van der Waals surface area contributed by atoms with Gasteiger partial charge in [0, 0.05) is 23.0 Å². The summed E-state index contributed by atoms with van der Waals surface area (Å²) < 4.78 is 5.37. The normalized spacial score (nSPS) is 23.1. The van der Waals surface area contributed by atoms with E-state index in [1.165, 1.54) is 5.57 Å². The lowest BCUT2D eigenvalue weighted by molar-refractivity contribution is 0.167. The second-order valence-electron chi connectivity index (χ2n) is 2.47. The molecule has 11 heavy (non-hydrogen) atoms. The van der Waals surface area contributed by atoms with Crippen LogP contribution in [0.2, 0.25) is 0 Å². The van der Waals surface area contributed by atoms with Gasteiger partial charge >= 0.3 is 0 Å². The maximum atomic E-state index is 5.37. The summed E-state index contributed by atoms with van der Waals surface area (Å²) in [6.45, 7) is 5.81. The van der Waals surface area contributed by atoms with E-state index in [1.807, 2.05) is 23.5 Å². The Morgan fingerprint density at radius 1 is 1.09 bits per heavy atom. The van der Waals surface area contributed by atoms with E-state index in [4.69, 9.17) is 4.74 Å². The molecule has 0 aliphatic carbocycles. The molecule has 0 radical (unpaired) electrons. The molecule has 1 fully saturated rings. The molecular formula is C8H14OS2. The van der Waals surface area contributed by atoms with Gasteiger partial charge in [0.15, 0.2) is 0 Å². The van der Waals surface area contributed by atoms with Gasteiger partial charge in [0.05, 0.1) is 13.2 Å². The Balaban J connectivity index is 2.17. The highest BCUT2D eigenvalue weighted by atomic mass is 32.2. The lowest BCUT2D eigenvalue weighted by Crippen LogP contribution is -2.05. The molecule has 1 aliphatic rings. The van der Waals surface area contributed by atoms with Crippen molar-refractivity contribution >= 4 is 23.5 Å². The van der Waals surface area contributed by atoms with Crippen LogP contribution in [-0.4, -0.2) is 36.2 Å². The van der Waals surface area contributed by atoms with Crippen LogP contribution in [0.5, 0.6) is 0 Å². The van der Waals surface area contributed by atoms with Gasteiger partial charge in [0.1, 0.15) is 0 Å². The lowest BCUT2D eigenvalue weighted by Gasteiger charge is -2.09. The van der Waals surface area contributed by atoms with Crippen molar-refractivity contribution in [2.45, 2.75) is 0 Å². The Bertz CT molecular complexity index is 113. The van der Waals surface area contributed by atoms with Gasteiger partial charge in [0.2, 0.25) is 0 Å². The van der Waals surface area contributed by atoms with Gasteiger partial charge in [-0.2, -0.15) is 23.5 Å². The van der Waals surface area contributed by atoms with Crippen molar-refractivity contribution in [1.82, 2.24) is 0 Å². The minimum absolute atomic E-state index is 0.901. The molecule has 1 aliphatic heterocycles. The van der Waals surface area contributed by atoms with Gasteiger partial charge in [-0.15, -0.1) is 0 Å². The third kappa shape index (κ3) is 4.77. The monoisotopic (exact) mass is 190 g/mol. The molecule has 0 aromatic rings. The fourth-order valence-electron chi connectivity index (χ4n) is 0.812. The average Bonchev–Trinajstić information content (AvgIpc) is 2.03. The minimum Gasteiger partial charge on any atom is -0.380 e. The van der Waals surface area contributed by atoms with Crippen molar-refractivity contribution in [1.29, 1.82) is 0 Å². The van der Waals surface area contributed by atoms with E-state index in [-0.39, 0.29) is 0 Å². The van der Waals surface area contributed by atoms with Crippen LogP contribution in [0.25, 0.3) is 0 Å². The molecule has 1 nitrogen and oxygen atoms in total. The number of thioether (sulfide) groups is 2. The van der Waals surface area contributed by atoms with Gasteiger partial charge in [-0.25, -0.2) is 0 Å². The van der Waals surface area contributed by atoms with Gasteiger partial charge in [0.25, 0.3) is 0 Å². The highest BCUT2D eigenvalue weighted by Crippen LogP contribution is 2.13. The second kappa shape index (κ2) is 5.98. The smallest absolute Gasteiger partial charge is 0.0557 e. The summed E-state index contributed by atoms with van der Waals surface area (Å²) in [4.78, 5) is 0. The predicted molar refractivity (Wildman–Crippen MR) is 54.6 cm³/mol. The van der Waals surface area contributed by atoms with Crippen molar-refractivity contribution in [2.75, 3.05) is 36.2 Å². The fraction of sp³-hybridized carbons (Fsp3) is 0.750. The SMILES string of the molecule is C=C1CSCCOCCSC1. The Morgan fingerprint density at radius 2 is 1.64 bits per heavy atom. The molecule has 3 heteroatoms. The molecule has 1 rings (SSSR count). The molecule has 64 valence electrons. The Hall–Kier alpha value is 0.400. The molecule has 0 atom stereocenters. The van der Waals surface area contributed by atoms with E-state index < -0.39 is 0 Å². The minimum atomic E-state index is 0.901. The Morgan fingerprint density at radius 3 is 2.18 bits per heavy atom. The van der Waals surface area contributed by atoms with Crippen molar-refractivity contribution in [3.63, 3.8) is 0 Å². The summed E-state index contributed by atoms with van der Waals surface area (Å²) in [7, 11) is 0. The largest absolute Gasteiger partial charge is 0.380 e. The molecule has 0 unspecified atom stereocenters. The number of ether oxygens (including phenoxy) is 1. The first-order valence-electron chi connectivity index (χ1n) is 3.79. The molecule has 1 heterocycles. The van der Waals surface area contributed by atoms with Gasteiger partial charge in [-0.05, 0) is 0 Å².